The molecule has 0 bridgehead atoms. The van der Waals surface area contributed by atoms with Crippen LogP contribution in [0.5, 0.6) is 5.75 Å². The van der Waals surface area contributed by atoms with E-state index in [4.69, 9.17) is 9.47 Å². The first-order valence-electron chi connectivity index (χ1n) is 8.53. The van der Waals surface area contributed by atoms with Gasteiger partial charge < -0.3 is 14.8 Å². The van der Waals surface area contributed by atoms with E-state index in [0.29, 0.717) is 17.0 Å². The lowest BCUT2D eigenvalue weighted by molar-refractivity contribution is -0.125. The quantitative estimate of drug-likeness (QED) is 0.646. The van der Waals surface area contributed by atoms with Crippen molar-refractivity contribution in [2.24, 2.45) is 0 Å². The fourth-order valence-electron chi connectivity index (χ4n) is 2.54. The molecule has 5 nitrogen and oxygen atoms in total. The first-order chi connectivity index (χ1) is 13.6. The highest BCUT2D eigenvalue weighted by molar-refractivity contribution is 5.98. The number of ether oxygens (including phenoxy) is 2. The van der Waals surface area contributed by atoms with Crippen LogP contribution in [-0.4, -0.2) is 19.0 Å². The van der Waals surface area contributed by atoms with Gasteiger partial charge in [0.1, 0.15) is 11.6 Å². The molecular formula is C22H18FNO4. The monoisotopic (exact) mass is 379 g/mol. The molecule has 3 rings (SSSR count). The second-order valence-corrected chi connectivity index (χ2v) is 5.92. The van der Waals surface area contributed by atoms with Crippen molar-refractivity contribution in [2.75, 3.05) is 12.4 Å². The molecule has 0 saturated heterocycles. The van der Waals surface area contributed by atoms with Crippen LogP contribution in [0.25, 0.3) is 0 Å². The SMILES string of the molecule is COc1ccc(C(=O)O[C@H](C(=O)Nc2ccc(F)cc2)c2ccccc2)cc1. The van der Waals surface area contributed by atoms with Gasteiger partial charge in [0.15, 0.2) is 0 Å². The van der Waals surface area contributed by atoms with Crippen LogP contribution in [0.3, 0.4) is 0 Å². The van der Waals surface area contributed by atoms with Crippen molar-refractivity contribution in [3.05, 3.63) is 95.8 Å². The lowest BCUT2D eigenvalue weighted by Gasteiger charge is -2.18. The van der Waals surface area contributed by atoms with Gasteiger partial charge in [-0.1, -0.05) is 30.3 Å². The van der Waals surface area contributed by atoms with E-state index >= 15 is 0 Å². The zero-order valence-electron chi connectivity index (χ0n) is 15.1. The molecule has 3 aromatic carbocycles. The Hall–Kier alpha value is -3.67. The van der Waals surface area contributed by atoms with Gasteiger partial charge in [-0.3, -0.25) is 4.79 Å². The summed E-state index contributed by atoms with van der Waals surface area (Å²) >= 11 is 0. The number of esters is 1. The molecule has 1 N–H and O–H groups in total. The van der Waals surface area contributed by atoms with Crippen LogP contribution in [0.15, 0.2) is 78.9 Å². The number of benzene rings is 3. The molecule has 1 amide bonds. The van der Waals surface area contributed by atoms with Crippen LogP contribution >= 0.6 is 0 Å². The highest BCUT2D eigenvalue weighted by Crippen LogP contribution is 2.22. The Morgan fingerprint density at radius 2 is 1.54 bits per heavy atom. The summed E-state index contributed by atoms with van der Waals surface area (Å²) in [5.74, 6) is -1.00. The van der Waals surface area contributed by atoms with E-state index in [2.05, 4.69) is 5.32 Å². The maximum absolute atomic E-state index is 13.1. The van der Waals surface area contributed by atoms with E-state index in [1.165, 1.54) is 31.4 Å². The minimum atomic E-state index is -1.17. The highest BCUT2D eigenvalue weighted by atomic mass is 19.1. The molecular weight excluding hydrogens is 361 g/mol. The van der Waals surface area contributed by atoms with Crippen LogP contribution in [0.1, 0.15) is 22.0 Å². The van der Waals surface area contributed by atoms with Crippen LogP contribution < -0.4 is 10.1 Å². The number of hydrogen-bond acceptors (Lipinski definition) is 4. The lowest BCUT2D eigenvalue weighted by Crippen LogP contribution is -2.26. The summed E-state index contributed by atoms with van der Waals surface area (Å²) in [5.41, 5.74) is 1.20. The molecule has 6 heteroatoms. The van der Waals surface area contributed by atoms with Crippen molar-refractivity contribution < 1.29 is 23.5 Å². The minimum Gasteiger partial charge on any atom is -0.497 e. The molecule has 28 heavy (non-hydrogen) atoms. The third-order valence-corrected chi connectivity index (χ3v) is 4.00. The third kappa shape index (κ3) is 4.73. The van der Waals surface area contributed by atoms with Gasteiger partial charge in [0, 0.05) is 11.3 Å². The number of carbonyl (C=O) groups is 2. The average Bonchev–Trinajstić information content (AvgIpc) is 2.74. The Bertz CT molecular complexity index is 941. The van der Waals surface area contributed by atoms with Crippen LogP contribution in [-0.2, 0) is 9.53 Å². The average molecular weight is 379 g/mol. The fourth-order valence-corrected chi connectivity index (χ4v) is 2.54. The third-order valence-electron chi connectivity index (χ3n) is 4.00. The zero-order chi connectivity index (χ0) is 19.9. The molecule has 0 aliphatic carbocycles. The molecule has 0 heterocycles. The number of amides is 1. The van der Waals surface area contributed by atoms with Gasteiger partial charge >= 0.3 is 5.97 Å². The van der Waals surface area contributed by atoms with Gasteiger partial charge in [-0.2, -0.15) is 0 Å². The van der Waals surface area contributed by atoms with E-state index in [9.17, 15) is 14.0 Å². The number of nitrogens with one attached hydrogen (secondary N) is 1. The Labute approximate surface area is 161 Å². The molecule has 0 radical (unpaired) electrons. The molecule has 0 saturated carbocycles. The van der Waals surface area contributed by atoms with Gasteiger partial charge in [-0.05, 0) is 48.5 Å². The van der Waals surface area contributed by atoms with Crippen molar-refractivity contribution in [1.29, 1.82) is 0 Å². The maximum atomic E-state index is 13.1. The standard InChI is InChI=1S/C22H18FNO4/c1-27-19-13-7-16(8-14-19)22(26)28-20(15-5-3-2-4-6-15)21(25)24-18-11-9-17(23)10-12-18/h2-14,20H,1H3,(H,24,25)/t20-/m0/s1. The van der Waals surface area contributed by atoms with Gasteiger partial charge in [0.05, 0.1) is 12.7 Å². The summed E-state index contributed by atoms with van der Waals surface area (Å²) in [6.45, 7) is 0. The Morgan fingerprint density at radius 3 is 2.14 bits per heavy atom. The molecule has 0 spiro atoms. The fraction of sp³-hybridized carbons (Fsp3) is 0.0909. The molecule has 0 aromatic heterocycles. The summed E-state index contributed by atoms with van der Waals surface area (Å²) in [4.78, 5) is 25.3. The van der Waals surface area contributed by atoms with E-state index in [0.717, 1.165) is 0 Å². The predicted octanol–water partition coefficient (Wildman–Crippen LogP) is 4.37. The molecule has 0 aliphatic heterocycles. The second kappa shape index (κ2) is 8.81. The van der Waals surface area contributed by atoms with E-state index in [-0.39, 0.29) is 5.56 Å². The van der Waals surface area contributed by atoms with Crippen LogP contribution in [0.2, 0.25) is 0 Å². The molecule has 1 atom stereocenters. The summed E-state index contributed by atoms with van der Waals surface area (Å²) in [5, 5.41) is 2.64. The van der Waals surface area contributed by atoms with E-state index in [1.807, 2.05) is 0 Å². The second-order valence-electron chi connectivity index (χ2n) is 5.92. The normalized spacial score (nSPS) is 11.4. The Balaban J connectivity index is 1.81. The Kier molecular flexibility index (Phi) is 6.01. The first-order valence-corrected chi connectivity index (χ1v) is 8.53. The lowest BCUT2D eigenvalue weighted by atomic mass is 10.1. The minimum absolute atomic E-state index is 0.288. The number of hydrogen-bond donors (Lipinski definition) is 1. The van der Waals surface area contributed by atoms with Crippen LogP contribution in [0.4, 0.5) is 10.1 Å². The van der Waals surface area contributed by atoms with Gasteiger partial charge in [0.2, 0.25) is 6.10 Å². The van der Waals surface area contributed by atoms with E-state index < -0.39 is 23.8 Å². The van der Waals surface area contributed by atoms with Crippen molar-refractivity contribution >= 4 is 17.6 Å². The van der Waals surface area contributed by atoms with Crippen molar-refractivity contribution in [3.8, 4) is 5.75 Å². The summed E-state index contributed by atoms with van der Waals surface area (Å²) in [6.07, 6.45) is -1.17. The molecule has 0 aliphatic rings. The number of anilines is 1. The molecule has 0 fully saturated rings. The molecule has 0 unspecified atom stereocenters. The topological polar surface area (TPSA) is 64.6 Å². The van der Waals surface area contributed by atoms with Crippen LogP contribution in [0, 0.1) is 5.82 Å². The summed E-state index contributed by atoms with van der Waals surface area (Å²) < 4.78 is 23.6. The molecule has 142 valence electrons. The maximum Gasteiger partial charge on any atom is 0.339 e. The Morgan fingerprint density at radius 1 is 0.893 bits per heavy atom. The summed E-state index contributed by atoms with van der Waals surface area (Å²) in [7, 11) is 1.53. The van der Waals surface area contributed by atoms with Crippen molar-refractivity contribution in [2.45, 2.75) is 6.10 Å². The highest BCUT2D eigenvalue weighted by Gasteiger charge is 2.25. The zero-order valence-corrected chi connectivity index (χ0v) is 15.1. The predicted molar refractivity (Wildman–Crippen MR) is 103 cm³/mol. The van der Waals surface area contributed by atoms with Crippen molar-refractivity contribution in [1.82, 2.24) is 0 Å². The van der Waals surface area contributed by atoms with Gasteiger partial charge in [-0.25, -0.2) is 9.18 Å². The molecule has 3 aromatic rings. The van der Waals surface area contributed by atoms with Crippen molar-refractivity contribution in [3.63, 3.8) is 0 Å². The number of carbonyl (C=O) groups excluding carboxylic acids is 2. The smallest absolute Gasteiger partial charge is 0.339 e. The summed E-state index contributed by atoms with van der Waals surface area (Å²) in [6, 6.07) is 20.4. The van der Waals surface area contributed by atoms with E-state index in [1.54, 1.807) is 54.6 Å². The number of rotatable bonds is 6. The van der Waals surface area contributed by atoms with Gasteiger partial charge in [-0.15, -0.1) is 0 Å². The largest absolute Gasteiger partial charge is 0.497 e. The first kappa shape index (κ1) is 19.1. The number of halogens is 1. The number of methoxy groups -OCH3 is 1. The van der Waals surface area contributed by atoms with Gasteiger partial charge in [0.25, 0.3) is 5.91 Å².